The Kier molecular flexibility index (Phi) is 34.0. The minimum atomic E-state index is -0.886. The number of fused-ring (bicyclic) bond motifs is 10. The van der Waals surface area contributed by atoms with Crippen molar-refractivity contribution in [1.82, 2.24) is 0 Å². The number of hydrogen-bond acceptors (Lipinski definition) is 8. The molecule has 748 valence electrons. The van der Waals surface area contributed by atoms with Gasteiger partial charge in [0, 0.05) is 19.3 Å². The molecule has 12 aliphatic carbocycles. The topological polar surface area (TPSA) is 118 Å². The zero-order valence-electron chi connectivity index (χ0n) is 90.5. The second kappa shape index (κ2) is 39.9. The van der Waals surface area contributed by atoms with Crippen molar-refractivity contribution in [2.24, 2.45) is 136 Å². The van der Waals surface area contributed by atoms with E-state index in [9.17, 15) is 20.4 Å². The van der Waals surface area contributed by atoms with Gasteiger partial charge in [0.05, 0.1) is 62.6 Å². The van der Waals surface area contributed by atoms with Crippen LogP contribution in [0, 0.1) is 136 Å². The molecule has 15 fully saturated rings. The zero-order chi connectivity index (χ0) is 97.3. The Balaban J connectivity index is 0.000000162. The average Bonchev–Trinajstić information content (AvgIpc) is 1.55. The van der Waals surface area contributed by atoms with Crippen LogP contribution >= 0.6 is 17.4 Å². The predicted molar refractivity (Wildman–Crippen MR) is 561 cm³/mol. The van der Waals surface area contributed by atoms with E-state index in [1.54, 1.807) is 13.0 Å². The molecule has 9 unspecified atom stereocenters. The minimum Gasteiger partial charge on any atom is -0.389 e. The highest BCUT2D eigenvalue weighted by atomic mass is 32.0. The van der Waals surface area contributed by atoms with E-state index >= 15 is 0 Å². The maximum atomic E-state index is 11.9. The molecule has 0 bridgehead atoms. The summed E-state index contributed by atoms with van der Waals surface area (Å²) in [5.74, 6) is 7.48. The summed E-state index contributed by atoms with van der Waals surface area (Å²) in [4.78, 5) is 0. The Morgan fingerprint density at radius 1 is 0.377 bits per heavy atom. The van der Waals surface area contributed by atoms with Crippen LogP contribution in [0.15, 0.2) is 87.1 Å². The molecule has 15 aliphatic rings. The lowest BCUT2D eigenvalue weighted by Gasteiger charge is -2.65. The monoisotopic (exact) mass is 1840 g/mol. The molecule has 0 aromatic carbocycles. The molecule has 3 saturated heterocycles. The van der Waals surface area contributed by atoms with Gasteiger partial charge in [-0.3, -0.25) is 0 Å². The molecule has 0 radical (unpaired) electrons. The Bertz CT molecular complexity index is 3820. The number of rotatable bonds is 17. The summed E-state index contributed by atoms with van der Waals surface area (Å²) in [5, 5.41) is 45.6. The summed E-state index contributed by atoms with van der Waals surface area (Å²) < 4.78 is 25.9. The fourth-order valence-electron chi connectivity index (χ4n) is 36.3. The fourth-order valence-corrected chi connectivity index (χ4v) is 36.8. The van der Waals surface area contributed by atoms with E-state index in [0.29, 0.717) is 124 Å². The van der Waals surface area contributed by atoms with Crippen LogP contribution in [0.3, 0.4) is 0 Å². The lowest BCUT2D eigenvalue weighted by molar-refractivity contribution is -0.252. The van der Waals surface area contributed by atoms with Gasteiger partial charge in [-0.1, -0.05) is 267 Å². The van der Waals surface area contributed by atoms with Crippen molar-refractivity contribution in [3.05, 3.63) is 87.1 Å². The van der Waals surface area contributed by atoms with E-state index in [1.807, 2.05) is 12.2 Å². The summed E-state index contributed by atoms with van der Waals surface area (Å²) in [6, 6.07) is 0. The van der Waals surface area contributed by atoms with Gasteiger partial charge in [-0.05, 0) is 398 Å². The molecule has 3 aliphatic heterocycles. The number of aliphatic hydroxyl groups is 4. The molecule has 4 N–H and O–H groups in total. The highest BCUT2D eigenvalue weighted by molar-refractivity contribution is 8.00. The third kappa shape index (κ3) is 20.5. The molecular formula is C120H210O8P2. The molecule has 10 heteroatoms. The van der Waals surface area contributed by atoms with Crippen molar-refractivity contribution in [2.75, 3.05) is 6.61 Å². The number of hydrogen-bond donors (Lipinski definition) is 4. The third-order valence-corrected chi connectivity index (χ3v) is 45.7. The summed E-state index contributed by atoms with van der Waals surface area (Å²) in [6.45, 7) is 93.3. The van der Waals surface area contributed by atoms with Gasteiger partial charge in [0.25, 0.3) is 0 Å². The van der Waals surface area contributed by atoms with E-state index in [0.717, 1.165) is 93.5 Å². The standard InChI is InChI=1S/C20H38O2P2.C20H36O2.4C20H34O/c1-15(10-14-22-24-23)9-13-20(21)16(2)7-8-17-18(3,4)11-6-12-19(17,20)5;1-7-18(5,21)13-14-20(22)15(2)9-10-16-17(3,4)11-8-12-19(16,20)6;1-7-18(4)13-9-16-19(5)12-8-11-17(2,3)15(19)10-14-20(16,6)21-18;2*1-7-18(5)13-14-20(21-18)15(2)9-10-16-17(3,4)11-8-12-19(16,20)6;1-7-15(2)11-14-20(21)16(3)9-10-17-18(4,5)12-8-13-19(17,20)6/h10,16-17,21,24H,6-9,11-14,23H2,1-5H3;7,15-16,21-22H,1,8-14H2,2-6H3;3*7,15-16H,1,8-14H2,2-6H3;7,16-17,21H,1-2,8-14H2,3-6H3/b15-10+;;;;;/t16-,17?,19+,20-;15-,16?,18?,19+,20-;15?,16-,18-,19+,20-;15-,16?,18+,19+,20-;15-,16?,18-,19+,20-;16-,17?,19+,20-/m110111/s1. The lowest BCUT2D eigenvalue weighted by Crippen LogP contribution is -2.62. The van der Waals surface area contributed by atoms with Crippen LogP contribution in [-0.2, 0) is 18.7 Å². The van der Waals surface area contributed by atoms with E-state index in [4.69, 9.17) is 18.7 Å². The van der Waals surface area contributed by atoms with Crippen molar-refractivity contribution in [3.8, 4) is 0 Å². The Morgan fingerprint density at radius 2 is 0.692 bits per heavy atom. The van der Waals surface area contributed by atoms with Crippen LogP contribution in [0.5, 0.6) is 0 Å². The lowest BCUT2D eigenvalue weighted by atomic mass is 9.44. The average molecular weight is 1840 g/mol. The first-order valence-corrected chi connectivity index (χ1v) is 57.2. The largest absolute Gasteiger partial charge is 0.389 e. The predicted octanol–water partition coefficient (Wildman–Crippen LogP) is 33.5. The van der Waals surface area contributed by atoms with Gasteiger partial charge in [0.1, 0.15) is 0 Å². The van der Waals surface area contributed by atoms with E-state index in [1.165, 1.54) is 198 Å². The van der Waals surface area contributed by atoms with Gasteiger partial charge in [0.15, 0.2) is 0 Å². The second-order valence-corrected chi connectivity index (χ2v) is 56.3. The molecule has 2 spiro atoms. The van der Waals surface area contributed by atoms with Gasteiger partial charge < -0.3 is 39.2 Å². The van der Waals surface area contributed by atoms with Crippen molar-refractivity contribution < 1.29 is 39.2 Å². The third-order valence-electron chi connectivity index (χ3n) is 44.8. The highest BCUT2D eigenvalue weighted by Gasteiger charge is 2.71. The molecule has 0 aromatic rings. The van der Waals surface area contributed by atoms with Crippen LogP contribution in [0.2, 0.25) is 0 Å². The van der Waals surface area contributed by atoms with Crippen molar-refractivity contribution in [2.45, 2.75) is 526 Å². The molecule has 3 heterocycles. The SMILES string of the molecule is C/C(=C\COPP)CC[C@@]1(O)[C@H](C)CCC2C(C)(C)CCC[C@@]21C.C=CC(=C)CC[C@@]1(O)[C@H](C)CCC2C(C)(C)CCC[C@@]21C.C=CC(C)(O)CC[C@@]1(O)[C@H](C)CCC2C(C)(C)CCC[C@@]21C.C=C[C@@]1(C)CC[C@@H]2[C@](C)(CCC3C(C)(C)CCC[C@]32C)O1.C=C[C@@]1(C)CC[C@@]2(O1)[C@H](C)CCC1C(C)(C)CCC[C@@]12C.C=C[C@]1(C)CC[C@@]2(O1)[C@H](C)CCC1C(C)(C)CCC[C@@]12C. The Hall–Kier alpha value is -1.28. The van der Waals surface area contributed by atoms with Gasteiger partial charge in [-0.25, -0.2) is 0 Å². The first-order valence-electron chi connectivity index (χ1n) is 54.4. The van der Waals surface area contributed by atoms with E-state index < -0.39 is 22.4 Å². The first-order chi connectivity index (χ1) is 59.9. The Labute approximate surface area is 807 Å². The molecule has 0 amide bonds. The molecular weight excluding hydrogens is 1630 g/mol. The molecule has 30 atom stereocenters. The second-order valence-electron chi connectivity index (χ2n) is 55.1. The van der Waals surface area contributed by atoms with Gasteiger partial charge >= 0.3 is 0 Å². The van der Waals surface area contributed by atoms with Crippen LogP contribution in [0.4, 0.5) is 0 Å². The maximum Gasteiger partial charge on any atom is 0.0840 e. The van der Waals surface area contributed by atoms with Crippen molar-refractivity contribution in [1.29, 1.82) is 0 Å². The molecule has 15 rings (SSSR count). The smallest absolute Gasteiger partial charge is 0.0840 e. The van der Waals surface area contributed by atoms with Crippen LogP contribution in [0.25, 0.3) is 0 Å². The normalized spacial score (nSPS) is 47.1. The van der Waals surface area contributed by atoms with Gasteiger partial charge in [-0.15, -0.1) is 26.3 Å². The van der Waals surface area contributed by atoms with Crippen LogP contribution in [-0.4, -0.2) is 83.0 Å². The zero-order valence-corrected chi connectivity index (χ0v) is 92.7. The molecule has 130 heavy (non-hydrogen) atoms. The first kappa shape index (κ1) is 111. The fraction of sp³-hybridized carbons (Fsp3) is 0.883. The van der Waals surface area contributed by atoms with Crippen molar-refractivity contribution >= 4 is 17.4 Å². The summed E-state index contributed by atoms with van der Waals surface area (Å²) in [7, 11) is 3.08. The van der Waals surface area contributed by atoms with Crippen molar-refractivity contribution in [3.63, 3.8) is 0 Å². The highest BCUT2D eigenvalue weighted by Crippen LogP contribution is 2.73. The van der Waals surface area contributed by atoms with E-state index in [-0.39, 0.29) is 49.9 Å². The minimum absolute atomic E-state index is 0.0380. The van der Waals surface area contributed by atoms with Gasteiger partial charge in [0.2, 0.25) is 0 Å². The Morgan fingerprint density at radius 3 is 1.04 bits per heavy atom. The molecule has 8 nitrogen and oxygen atoms in total. The molecule has 12 saturated carbocycles. The van der Waals surface area contributed by atoms with Crippen LogP contribution in [0.1, 0.15) is 470 Å². The molecule has 0 aromatic heterocycles. The van der Waals surface area contributed by atoms with Crippen LogP contribution < -0.4 is 0 Å². The maximum absolute atomic E-state index is 11.9. The summed E-state index contributed by atoms with van der Waals surface area (Å²) in [6.07, 6.45) is 62.4. The summed E-state index contributed by atoms with van der Waals surface area (Å²) in [5.41, 5.74) is 3.32. The van der Waals surface area contributed by atoms with E-state index in [2.05, 4.69) is 260 Å². The number of ether oxygens (including phenoxy) is 3. The number of allylic oxidation sites excluding steroid dienone is 3. The van der Waals surface area contributed by atoms with Gasteiger partial charge in [-0.2, -0.15) is 0 Å². The summed E-state index contributed by atoms with van der Waals surface area (Å²) >= 11 is 0. The quantitative estimate of drug-likeness (QED) is 0.0492.